The van der Waals surface area contributed by atoms with E-state index in [9.17, 15) is 14.3 Å². The van der Waals surface area contributed by atoms with E-state index in [0.717, 1.165) is 42.4 Å². The highest BCUT2D eigenvalue weighted by Gasteiger charge is 2.58. The van der Waals surface area contributed by atoms with Gasteiger partial charge in [0, 0.05) is 11.6 Å². The molecule has 1 aromatic rings. The topological polar surface area (TPSA) is 49.3 Å². The molecule has 4 heteroatoms. The largest absolute Gasteiger partial charge is 0.390 e. The van der Waals surface area contributed by atoms with Crippen molar-refractivity contribution in [3.05, 3.63) is 35.6 Å². The van der Waals surface area contributed by atoms with Gasteiger partial charge in [0.25, 0.3) is 5.91 Å². The molecule has 0 aliphatic heterocycles. The Morgan fingerprint density at radius 3 is 2.47 bits per heavy atom. The molecule has 2 N–H and O–H groups in total. The molecule has 0 bridgehead atoms. The summed E-state index contributed by atoms with van der Waals surface area (Å²) in [6.07, 6.45) is 10.8. The second-order valence-corrected chi connectivity index (χ2v) is 12.2. The first-order valence-electron chi connectivity index (χ1n) is 13.0. The Morgan fingerprint density at radius 1 is 1.00 bits per heavy atom. The van der Waals surface area contributed by atoms with Crippen LogP contribution < -0.4 is 5.32 Å². The minimum Gasteiger partial charge on any atom is -0.390 e. The molecule has 4 saturated carbocycles. The van der Waals surface area contributed by atoms with Crippen molar-refractivity contribution in [1.29, 1.82) is 0 Å². The maximum Gasteiger partial charge on any atom is 0.251 e. The third-order valence-electron chi connectivity index (χ3n) is 10.4. The predicted molar refractivity (Wildman–Crippen MR) is 125 cm³/mol. The molecule has 1 amide bonds. The molecule has 9 atom stereocenters. The standard InChI is InChI=1S/C28H40FNO2/c1-17(30-26(31)18-4-7-20(29)8-5-18)24-10-11-25-23-9-6-19-16-27(2,32)14-12-21(19)22(23)13-15-28(24,25)3/h4-5,7-8,17,19,21-25,32H,6,9-16H2,1-3H3,(H,30,31)/t17-,19-,21+,22-,23-,24-,25+,27-,28-/m1/s1. The van der Waals surface area contributed by atoms with E-state index < -0.39 is 5.60 Å². The van der Waals surface area contributed by atoms with Gasteiger partial charge in [-0.1, -0.05) is 6.92 Å². The predicted octanol–water partition coefficient (Wildman–Crippen LogP) is 5.96. The van der Waals surface area contributed by atoms with Crippen molar-refractivity contribution in [2.24, 2.45) is 40.9 Å². The fourth-order valence-corrected chi connectivity index (χ4v) is 8.94. The lowest BCUT2D eigenvalue weighted by Gasteiger charge is -2.57. The summed E-state index contributed by atoms with van der Waals surface area (Å²) in [6, 6.07) is 5.98. The van der Waals surface area contributed by atoms with Crippen molar-refractivity contribution >= 4 is 5.91 Å². The van der Waals surface area contributed by atoms with Crippen LogP contribution in [0.15, 0.2) is 24.3 Å². The number of nitrogens with one attached hydrogen (secondary N) is 1. The lowest BCUT2D eigenvalue weighted by atomic mass is 9.49. The first kappa shape index (κ1) is 22.4. The number of carbonyl (C=O) groups excluding carboxylic acids is 1. The van der Waals surface area contributed by atoms with Crippen molar-refractivity contribution in [3.8, 4) is 0 Å². The summed E-state index contributed by atoms with van der Waals surface area (Å²) in [7, 11) is 0. The van der Waals surface area contributed by atoms with E-state index in [1.54, 1.807) is 12.1 Å². The second kappa shape index (κ2) is 8.11. The van der Waals surface area contributed by atoms with E-state index in [1.807, 2.05) is 6.92 Å². The van der Waals surface area contributed by atoms with Gasteiger partial charge in [0.15, 0.2) is 0 Å². The van der Waals surface area contributed by atoms with Crippen LogP contribution in [0.25, 0.3) is 0 Å². The number of hydrogen-bond donors (Lipinski definition) is 2. The van der Waals surface area contributed by atoms with Crippen molar-refractivity contribution in [2.75, 3.05) is 0 Å². The number of carbonyl (C=O) groups is 1. The van der Waals surface area contributed by atoms with Crippen LogP contribution in [0.3, 0.4) is 0 Å². The monoisotopic (exact) mass is 441 g/mol. The minimum atomic E-state index is -0.451. The van der Waals surface area contributed by atoms with Crippen LogP contribution in [0.1, 0.15) is 88.9 Å². The quantitative estimate of drug-likeness (QED) is 0.608. The smallest absolute Gasteiger partial charge is 0.251 e. The first-order chi connectivity index (χ1) is 15.2. The summed E-state index contributed by atoms with van der Waals surface area (Å²) >= 11 is 0. The van der Waals surface area contributed by atoms with Gasteiger partial charge in [0.05, 0.1) is 5.60 Å². The minimum absolute atomic E-state index is 0.0898. The molecular weight excluding hydrogens is 401 g/mol. The normalized spacial score (nSPS) is 44.2. The van der Waals surface area contributed by atoms with Crippen molar-refractivity contribution in [2.45, 2.75) is 90.2 Å². The van der Waals surface area contributed by atoms with Gasteiger partial charge in [-0.05, 0) is 137 Å². The number of aliphatic hydroxyl groups is 1. The fraction of sp³-hybridized carbons (Fsp3) is 0.750. The lowest BCUT2D eigenvalue weighted by molar-refractivity contribution is -0.101. The Morgan fingerprint density at radius 2 is 1.72 bits per heavy atom. The highest BCUT2D eigenvalue weighted by molar-refractivity contribution is 5.94. The van der Waals surface area contributed by atoms with E-state index in [4.69, 9.17) is 0 Å². The molecule has 0 radical (unpaired) electrons. The van der Waals surface area contributed by atoms with Gasteiger partial charge in [0.1, 0.15) is 5.82 Å². The molecule has 4 aliphatic carbocycles. The molecule has 3 nitrogen and oxygen atoms in total. The van der Waals surface area contributed by atoms with E-state index in [1.165, 1.54) is 57.1 Å². The van der Waals surface area contributed by atoms with Gasteiger partial charge >= 0.3 is 0 Å². The van der Waals surface area contributed by atoms with Gasteiger partial charge in [-0.2, -0.15) is 0 Å². The van der Waals surface area contributed by atoms with Gasteiger partial charge < -0.3 is 10.4 Å². The van der Waals surface area contributed by atoms with Crippen LogP contribution in [-0.2, 0) is 0 Å². The zero-order valence-electron chi connectivity index (χ0n) is 19.9. The molecule has 4 aliphatic rings. The van der Waals surface area contributed by atoms with Crippen LogP contribution in [0, 0.1) is 46.7 Å². The molecule has 1 aromatic carbocycles. The average Bonchev–Trinajstić information content (AvgIpc) is 3.10. The molecule has 0 unspecified atom stereocenters. The molecule has 0 spiro atoms. The molecular formula is C28H40FNO2. The van der Waals surface area contributed by atoms with Gasteiger partial charge in [-0.15, -0.1) is 0 Å². The molecule has 4 fully saturated rings. The molecule has 0 heterocycles. The van der Waals surface area contributed by atoms with Crippen LogP contribution in [-0.4, -0.2) is 22.7 Å². The highest BCUT2D eigenvalue weighted by atomic mass is 19.1. The number of benzene rings is 1. The van der Waals surface area contributed by atoms with Crippen LogP contribution in [0.2, 0.25) is 0 Å². The second-order valence-electron chi connectivity index (χ2n) is 12.2. The third-order valence-corrected chi connectivity index (χ3v) is 10.4. The Labute approximate surface area is 192 Å². The molecule has 32 heavy (non-hydrogen) atoms. The van der Waals surface area contributed by atoms with E-state index in [2.05, 4.69) is 19.2 Å². The van der Waals surface area contributed by atoms with Gasteiger partial charge in [-0.25, -0.2) is 4.39 Å². The Kier molecular flexibility index (Phi) is 5.67. The summed E-state index contributed by atoms with van der Waals surface area (Å²) in [6.45, 7) is 6.71. The number of halogens is 1. The van der Waals surface area contributed by atoms with Gasteiger partial charge in [0.2, 0.25) is 0 Å². The first-order valence-corrected chi connectivity index (χ1v) is 13.0. The SMILES string of the molecule is C[C@@H](NC(=O)c1ccc(F)cc1)[C@H]1CC[C@H]2[C@@H]3CC[C@@H]4C[C@](C)(O)CC[C@@H]4[C@H]3CC[C@]12C. The maximum absolute atomic E-state index is 13.2. The summed E-state index contributed by atoms with van der Waals surface area (Å²) in [5.74, 6) is 4.06. The molecule has 5 rings (SSSR count). The van der Waals surface area contributed by atoms with Crippen molar-refractivity contribution in [3.63, 3.8) is 0 Å². The Bertz CT molecular complexity index is 851. The number of fused-ring (bicyclic) bond motifs is 5. The van der Waals surface area contributed by atoms with Crippen LogP contribution >= 0.6 is 0 Å². The average molecular weight is 442 g/mol. The number of amides is 1. The number of hydrogen-bond acceptors (Lipinski definition) is 2. The summed E-state index contributed by atoms with van der Waals surface area (Å²) in [4.78, 5) is 12.8. The molecule has 0 saturated heterocycles. The van der Waals surface area contributed by atoms with Crippen molar-refractivity contribution in [1.82, 2.24) is 5.32 Å². The van der Waals surface area contributed by atoms with Crippen LogP contribution in [0.4, 0.5) is 4.39 Å². The van der Waals surface area contributed by atoms with Crippen molar-refractivity contribution < 1.29 is 14.3 Å². The van der Waals surface area contributed by atoms with E-state index in [0.29, 0.717) is 16.9 Å². The van der Waals surface area contributed by atoms with Gasteiger partial charge in [-0.3, -0.25) is 4.79 Å². The number of rotatable bonds is 3. The summed E-state index contributed by atoms with van der Waals surface area (Å²) in [5, 5.41) is 13.9. The van der Waals surface area contributed by atoms with E-state index in [-0.39, 0.29) is 17.8 Å². The summed E-state index contributed by atoms with van der Waals surface area (Å²) < 4.78 is 13.2. The molecule has 176 valence electrons. The third kappa shape index (κ3) is 3.81. The zero-order valence-corrected chi connectivity index (χ0v) is 19.9. The lowest BCUT2D eigenvalue weighted by Crippen LogP contribution is -2.52. The Balaban J connectivity index is 1.27. The zero-order chi connectivity index (χ0) is 22.7. The van der Waals surface area contributed by atoms with E-state index >= 15 is 0 Å². The molecule has 0 aromatic heterocycles. The highest BCUT2D eigenvalue weighted by Crippen LogP contribution is 2.65. The fourth-order valence-electron chi connectivity index (χ4n) is 8.94. The Hall–Kier alpha value is -1.42. The summed E-state index contributed by atoms with van der Waals surface area (Å²) in [5.41, 5.74) is 0.380. The van der Waals surface area contributed by atoms with Crippen LogP contribution in [0.5, 0.6) is 0 Å². The maximum atomic E-state index is 13.2.